The van der Waals surface area contributed by atoms with E-state index in [-0.39, 0.29) is 5.91 Å². The van der Waals surface area contributed by atoms with Gasteiger partial charge in [-0.1, -0.05) is 11.6 Å². The number of aromatic nitrogens is 1. The Morgan fingerprint density at radius 2 is 2.22 bits per heavy atom. The summed E-state index contributed by atoms with van der Waals surface area (Å²) in [6.45, 7) is 2.54. The Morgan fingerprint density at radius 3 is 2.91 bits per heavy atom. The number of carbonyl (C=O) groups excluding carboxylic acids is 1. The molecule has 3 rings (SSSR count). The second-order valence-electron chi connectivity index (χ2n) is 5.15. The van der Waals surface area contributed by atoms with Gasteiger partial charge in [-0.05, 0) is 18.2 Å². The molecule has 1 aromatic carbocycles. The second-order valence-corrected chi connectivity index (χ2v) is 6.50. The maximum atomic E-state index is 12.3. The molecule has 2 heterocycles. The second kappa shape index (κ2) is 7.29. The van der Waals surface area contributed by atoms with Gasteiger partial charge in [0.2, 0.25) is 5.91 Å². The summed E-state index contributed by atoms with van der Waals surface area (Å²) >= 11 is 7.64. The minimum Gasteiger partial charge on any atom is -0.495 e. The third-order valence-electron chi connectivity index (χ3n) is 3.67. The van der Waals surface area contributed by atoms with Crippen molar-refractivity contribution in [3.8, 4) is 17.0 Å². The van der Waals surface area contributed by atoms with Crippen molar-refractivity contribution in [2.75, 3.05) is 33.4 Å². The summed E-state index contributed by atoms with van der Waals surface area (Å²) in [5.74, 6) is 0.732. The molecule has 23 heavy (non-hydrogen) atoms. The van der Waals surface area contributed by atoms with Crippen LogP contribution < -0.4 is 4.74 Å². The van der Waals surface area contributed by atoms with Gasteiger partial charge in [0.15, 0.2) is 0 Å². The zero-order chi connectivity index (χ0) is 16.2. The van der Waals surface area contributed by atoms with Gasteiger partial charge in [0.05, 0.1) is 37.5 Å². The fraction of sp³-hybridized carbons (Fsp3) is 0.375. The van der Waals surface area contributed by atoms with Crippen molar-refractivity contribution in [1.29, 1.82) is 0 Å². The van der Waals surface area contributed by atoms with Gasteiger partial charge in [0.25, 0.3) is 0 Å². The lowest BCUT2D eigenvalue weighted by molar-refractivity contribution is -0.134. The lowest BCUT2D eigenvalue weighted by Gasteiger charge is -2.26. The number of halogens is 1. The van der Waals surface area contributed by atoms with Crippen molar-refractivity contribution >= 4 is 28.8 Å². The highest BCUT2D eigenvalue weighted by Gasteiger charge is 2.18. The van der Waals surface area contributed by atoms with Gasteiger partial charge in [-0.2, -0.15) is 0 Å². The number of ether oxygens (including phenoxy) is 2. The molecule has 1 aromatic heterocycles. The maximum Gasteiger partial charge on any atom is 0.229 e. The van der Waals surface area contributed by atoms with Gasteiger partial charge in [-0.15, -0.1) is 11.3 Å². The standard InChI is InChI=1S/C16H17ClN2O3S/c1-21-14-3-2-11(8-12(14)17)13-10-23-15(18-13)9-16(20)19-4-6-22-7-5-19/h2-3,8,10H,4-7,9H2,1H3. The molecule has 1 aliphatic rings. The minimum atomic E-state index is 0.0990. The topological polar surface area (TPSA) is 51.7 Å². The predicted octanol–water partition coefficient (Wildman–Crippen LogP) is 2.87. The van der Waals surface area contributed by atoms with Crippen LogP contribution in [0.15, 0.2) is 23.6 Å². The highest BCUT2D eigenvalue weighted by Crippen LogP contribution is 2.30. The first-order chi connectivity index (χ1) is 11.2. The lowest BCUT2D eigenvalue weighted by Crippen LogP contribution is -2.41. The van der Waals surface area contributed by atoms with E-state index in [0.29, 0.717) is 43.5 Å². The number of thiazole rings is 1. The molecule has 122 valence electrons. The normalized spacial score (nSPS) is 14.8. The summed E-state index contributed by atoms with van der Waals surface area (Å²) in [4.78, 5) is 18.6. The van der Waals surface area contributed by atoms with Gasteiger partial charge in [-0.25, -0.2) is 4.98 Å². The summed E-state index contributed by atoms with van der Waals surface area (Å²) in [6, 6.07) is 5.55. The van der Waals surface area contributed by atoms with E-state index < -0.39 is 0 Å². The van der Waals surface area contributed by atoms with Crippen LogP contribution in [-0.2, 0) is 16.0 Å². The molecule has 0 bridgehead atoms. The van der Waals surface area contributed by atoms with Crippen LogP contribution in [0.4, 0.5) is 0 Å². The first-order valence-corrected chi connectivity index (χ1v) is 8.57. The third-order valence-corrected chi connectivity index (χ3v) is 4.81. The average molecular weight is 353 g/mol. The average Bonchev–Trinajstić information content (AvgIpc) is 3.04. The lowest BCUT2D eigenvalue weighted by atomic mass is 10.1. The van der Waals surface area contributed by atoms with Crippen LogP contribution in [0.2, 0.25) is 5.02 Å². The molecule has 0 N–H and O–H groups in total. The third kappa shape index (κ3) is 3.83. The Balaban J connectivity index is 1.70. The fourth-order valence-electron chi connectivity index (χ4n) is 2.40. The molecular formula is C16H17ClN2O3S. The van der Waals surface area contributed by atoms with Crippen LogP contribution in [0, 0.1) is 0 Å². The molecule has 1 aliphatic heterocycles. The zero-order valence-corrected chi connectivity index (χ0v) is 14.3. The number of hydrogen-bond donors (Lipinski definition) is 0. The summed E-state index contributed by atoms with van der Waals surface area (Å²) < 4.78 is 10.4. The summed E-state index contributed by atoms with van der Waals surface area (Å²) in [5.41, 5.74) is 1.74. The molecule has 0 spiro atoms. The van der Waals surface area contributed by atoms with Gasteiger partial charge < -0.3 is 14.4 Å². The molecule has 1 amide bonds. The summed E-state index contributed by atoms with van der Waals surface area (Å²) in [7, 11) is 1.58. The molecule has 7 heteroatoms. The first-order valence-electron chi connectivity index (χ1n) is 7.31. The SMILES string of the molecule is COc1ccc(-c2csc(CC(=O)N3CCOCC3)n2)cc1Cl. The Kier molecular flexibility index (Phi) is 5.15. The van der Waals surface area contributed by atoms with Crippen LogP contribution in [0.3, 0.4) is 0 Å². The Morgan fingerprint density at radius 1 is 1.43 bits per heavy atom. The van der Waals surface area contributed by atoms with Crippen LogP contribution in [-0.4, -0.2) is 49.2 Å². The van der Waals surface area contributed by atoms with Crippen molar-refractivity contribution in [3.63, 3.8) is 0 Å². The molecule has 5 nitrogen and oxygen atoms in total. The van der Waals surface area contributed by atoms with Crippen LogP contribution in [0.5, 0.6) is 5.75 Å². The van der Waals surface area contributed by atoms with Crippen molar-refractivity contribution in [2.45, 2.75) is 6.42 Å². The highest BCUT2D eigenvalue weighted by atomic mass is 35.5. The van der Waals surface area contributed by atoms with Crippen LogP contribution in [0.1, 0.15) is 5.01 Å². The van der Waals surface area contributed by atoms with Crippen LogP contribution in [0.25, 0.3) is 11.3 Å². The molecule has 2 aromatic rings. The fourth-order valence-corrected chi connectivity index (χ4v) is 3.46. The number of morpholine rings is 1. The number of hydrogen-bond acceptors (Lipinski definition) is 5. The number of benzene rings is 1. The largest absolute Gasteiger partial charge is 0.495 e. The van der Waals surface area contributed by atoms with Gasteiger partial charge in [0, 0.05) is 24.0 Å². The molecule has 0 unspecified atom stereocenters. The predicted molar refractivity (Wildman–Crippen MR) is 90.2 cm³/mol. The highest BCUT2D eigenvalue weighted by molar-refractivity contribution is 7.10. The van der Waals surface area contributed by atoms with Crippen molar-refractivity contribution in [2.24, 2.45) is 0 Å². The van der Waals surface area contributed by atoms with Crippen molar-refractivity contribution < 1.29 is 14.3 Å². The Bertz CT molecular complexity index is 698. The van der Waals surface area contributed by atoms with E-state index in [1.165, 1.54) is 11.3 Å². The van der Waals surface area contributed by atoms with Gasteiger partial charge in [-0.3, -0.25) is 4.79 Å². The Hall–Kier alpha value is -1.63. The number of amides is 1. The van der Waals surface area contributed by atoms with E-state index in [1.54, 1.807) is 7.11 Å². The molecule has 0 atom stereocenters. The van der Waals surface area contributed by atoms with Crippen LogP contribution >= 0.6 is 22.9 Å². The molecule has 1 saturated heterocycles. The number of methoxy groups -OCH3 is 1. The molecule has 0 saturated carbocycles. The monoisotopic (exact) mass is 352 g/mol. The van der Waals surface area contributed by atoms with E-state index in [4.69, 9.17) is 21.1 Å². The van der Waals surface area contributed by atoms with E-state index in [1.807, 2.05) is 28.5 Å². The van der Waals surface area contributed by atoms with Gasteiger partial charge >= 0.3 is 0 Å². The first kappa shape index (κ1) is 16.2. The minimum absolute atomic E-state index is 0.0990. The number of rotatable bonds is 4. The Labute approximate surface area is 143 Å². The van der Waals surface area contributed by atoms with Crippen molar-refractivity contribution in [1.82, 2.24) is 9.88 Å². The molecular weight excluding hydrogens is 336 g/mol. The zero-order valence-electron chi connectivity index (χ0n) is 12.8. The molecule has 0 aliphatic carbocycles. The van der Waals surface area contributed by atoms with E-state index in [9.17, 15) is 4.79 Å². The quantitative estimate of drug-likeness (QED) is 0.849. The van der Waals surface area contributed by atoms with E-state index in [2.05, 4.69) is 4.98 Å². The smallest absolute Gasteiger partial charge is 0.229 e. The number of carbonyl (C=O) groups is 1. The maximum absolute atomic E-state index is 12.3. The molecule has 0 radical (unpaired) electrons. The van der Waals surface area contributed by atoms with E-state index >= 15 is 0 Å². The van der Waals surface area contributed by atoms with E-state index in [0.717, 1.165) is 16.3 Å². The summed E-state index contributed by atoms with van der Waals surface area (Å²) in [6.07, 6.45) is 0.328. The van der Waals surface area contributed by atoms with Crippen molar-refractivity contribution in [3.05, 3.63) is 33.6 Å². The van der Waals surface area contributed by atoms with Gasteiger partial charge in [0.1, 0.15) is 10.8 Å². The molecule has 1 fully saturated rings. The summed E-state index contributed by atoms with van der Waals surface area (Å²) in [5, 5.41) is 3.30. The number of nitrogens with zero attached hydrogens (tertiary/aromatic N) is 2.